The zero-order valence-corrected chi connectivity index (χ0v) is 20.6. The molecule has 176 valence electrons. The number of benzene rings is 1. The number of thiophene rings is 1. The fourth-order valence-corrected chi connectivity index (χ4v) is 4.73. The summed E-state index contributed by atoms with van der Waals surface area (Å²) in [6.07, 6.45) is 0. The summed E-state index contributed by atoms with van der Waals surface area (Å²) < 4.78 is 3.49. The van der Waals surface area contributed by atoms with Gasteiger partial charge in [0.05, 0.1) is 40.0 Å². The van der Waals surface area contributed by atoms with E-state index in [1.54, 1.807) is 24.6 Å². The molecule has 0 radical (unpaired) electrons. The second-order valence-electron chi connectivity index (χ2n) is 8.40. The van der Waals surface area contributed by atoms with Gasteiger partial charge >= 0.3 is 5.69 Å². The van der Waals surface area contributed by atoms with Crippen molar-refractivity contribution < 1.29 is 9.72 Å². The Morgan fingerprint density at radius 1 is 0.971 bits per heavy atom. The number of carbonyl (C=O) groups is 1. The van der Waals surface area contributed by atoms with Gasteiger partial charge in [-0.05, 0) is 57.2 Å². The van der Waals surface area contributed by atoms with Crippen molar-refractivity contribution in [3.63, 3.8) is 0 Å². The van der Waals surface area contributed by atoms with E-state index in [1.807, 2.05) is 23.9 Å². The number of nitrogens with zero attached hydrogens (tertiary/aromatic N) is 5. The summed E-state index contributed by atoms with van der Waals surface area (Å²) in [6.45, 7) is 10.2. The van der Waals surface area contributed by atoms with Crippen molar-refractivity contribution in [2.75, 3.05) is 5.32 Å². The van der Waals surface area contributed by atoms with E-state index in [9.17, 15) is 14.9 Å². The molecule has 3 aromatic heterocycles. The SMILES string of the molecule is Cc1ccc(Cn2nc(C)c(NC(=O)c3cc(Cn4nc(C)c([N+](=O)[O-])c4C)cs3)c2C)cc1. The van der Waals surface area contributed by atoms with Crippen molar-refractivity contribution in [3.05, 3.63) is 90.2 Å². The van der Waals surface area contributed by atoms with Crippen molar-refractivity contribution in [2.45, 2.75) is 47.7 Å². The highest BCUT2D eigenvalue weighted by Crippen LogP contribution is 2.25. The summed E-state index contributed by atoms with van der Waals surface area (Å²) >= 11 is 1.33. The van der Waals surface area contributed by atoms with E-state index in [0.717, 1.165) is 22.5 Å². The lowest BCUT2D eigenvalue weighted by atomic mass is 10.1. The monoisotopic (exact) mass is 478 g/mol. The third kappa shape index (κ3) is 4.62. The maximum atomic E-state index is 13.0. The summed E-state index contributed by atoms with van der Waals surface area (Å²) in [5.41, 5.74) is 6.46. The summed E-state index contributed by atoms with van der Waals surface area (Å²) in [5.74, 6) is -0.211. The Morgan fingerprint density at radius 2 is 1.59 bits per heavy atom. The van der Waals surface area contributed by atoms with E-state index >= 15 is 0 Å². The van der Waals surface area contributed by atoms with Gasteiger partial charge in [0.2, 0.25) is 0 Å². The first-order chi connectivity index (χ1) is 16.1. The fraction of sp³-hybridized carbons (Fsp3) is 0.292. The van der Waals surface area contributed by atoms with Crippen molar-refractivity contribution >= 4 is 28.6 Å². The highest BCUT2D eigenvalue weighted by molar-refractivity contribution is 7.12. The average molecular weight is 479 g/mol. The Kier molecular flexibility index (Phi) is 6.34. The first kappa shape index (κ1) is 23.4. The quantitative estimate of drug-likeness (QED) is 0.299. The number of anilines is 1. The molecule has 0 spiro atoms. The van der Waals surface area contributed by atoms with E-state index in [0.29, 0.717) is 35.0 Å². The molecule has 34 heavy (non-hydrogen) atoms. The number of aryl methyl sites for hydroxylation is 3. The van der Waals surface area contributed by atoms with Gasteiger partial charge in [-0.2, -0.15) is 10.2 Å². The van der Waals surface area contributed by atoms with Crippen LogP contribution in [-0.2, 0) is 13.1 Å². The van der Waals surface area contributed by atoms with Gasteiger partial charge in [0.25, 0.3) is 5.91 Å². The molecule has 1 N–H and O–H groups in total. The molecule has 0 aliphatic rings. The number of nitrogens with one attached hydrogen (secondary N) is 1. The molecule has 9 nitrogen and oxygen atoms in total. The lowest BCUT2D eigenvalue weighted by molar-refractivity contribution is -0.386. The largest absolute Gasteiger partial charge is 0.318 e. The molecule has 0 saturated heterocycles. The van der Waals surface area contributed by atoms with Crippen molar-refractivity contribution in [1.82, 2.24) is 19.6 Å². The number of aromatic nitrogens is 4. The molecule has 1 amide bonds. The second kappa shape index (κ2) is 9.22. The summed E-state index contributed by atoms with van der Waals surface area (Å²) in [7, 11) is 0. The lowest BCUT2D eigenvalue weighted by Gasteiger charge is -2.07. The molecule has 0 aliphatic heterocycles. The molecule has 3 heterocycles. The predicted octanol–water partition coefficient (Wildman–Crippen LogP) is 4.94. The molecule has 4 rings (SSSR count). The zero-order chi connectivity index (χ0) is 24.6. The number of nitro groups is 1. The first-order valence-electron chi connectivity index (χ1n) is 10.8. The molecule has 10 heteroatoms. The molecular weight excluding hydrogens is 452 g/mol. The van der Waals surface area contributed by atoms with Gasteiger partial charge in [-0.1, -0.05) is 29.8 Å². The number of rotatable bonds is 7. The Labute approximate surface area is 201 Å². The Morgan fingerprint density at radius 3 is 2.24 bits per heavy atom. The van der Waals surface area contributed by atoms with Crippen LogP contribution < -0.4 is 5.32 Å². The van der Waals surface area contributed by atoms with Crippen LogP contribution in [0.15, 0.2) is 35.7 Å². The topological polar surface area (TPSA) is 108 Å². The van der Waals surface area contributed by atoms with Gasteiger partial charge in [-0.3, -0.25) is 24.3 Å². The third-order valence-electron chi connectivity index (χ3n) is 5.81. The summed E-state index contributed by atoms with van der Waals surface area (Å²) in [4.78, 5) is 24.3. The standard InChI is InChI=1S/C24H26N6O3S/c1-14-6-8-19(9-7-14)11-28-17(4)22(15(2)26-28)25-24(31)21-10-20(13-34-21)12-29-18(5)23(30(32)33)16(3)27-29/h6-10,13H,11-12H2,1-5H3,(H,25,31). The van der Waals surface area contributed by atoms with Crippen LogP contribution in [0.25, 0.3) is 0 Å². The van der Waals surface area contributed by atoms with Crippen molar-refractivity contribution in [2.24, 2.45) is 0 Å². The first-order valence-corrected chi connectivity index (χ1v) is 11.7. The van der Waals surface area contributed by atoms with Crippen LogP contribution in [0.5, 0.6) is 0 Å². The smallest absolute Gasteiger partial charge is 0.312 e. The maximum Gasteiger partial charge on any atom is 0.312 e. The molecule has 0 fully saturated rings. The van der Waals surface area contributed by atoms with Crippen LogP contribution in [0.1, 0.15) is 49.1 Å². The Bertz CT molecular complexity index is 1380. The van der Waals surface area contributed by atoms with Gasteiger partial charge in [-0.25, -0.2) is 0 Å². The van der Waals surface area contributed by atoms with Crippen LogP contribution in [0.4, 0.5) is 11.4 Å². The highest BCUT2D eigenvalue weighted by atomic mass is 32.1. The van der Waals surface area contributed by atoms with Gasteiger partial charge < -0.3 is 5.32 Å². The Hall–Kier alpha value is -3.79. The minimum Gasteiger partial charge on any atom is -0.318 e. The van der Waals surface area contributed by atoms with Gasteiger partial charge in [0, 0.05) is 0 Å². The Balaban J connectivity index is 1.48. The highest BCUT2D eigenvalue weighted by Gasteiger charge is 2.22. The maximum absolute atomic E-state index is 13.0. The molecule has 1 aromatic carbocycles. The van der Waals surface area contributed by atoms with E-state index in [4.69, 9.17) is 0 Å². The predicted molar refractivity (Wildman–Crippen MR) is 132 cm³/mol. The molecule has 0 unspecified atom stereocenters. The number of amides is 1. The molecule has 4 aromatic rings. The van der Waals surface area contributed by atoms with E-state index in [-0.39, 0.29) is 11.6 Å². The third-order valence-corrected chi connectivity index (χ3v) is 6.79. The van der Waals surface area contributed by atoms with Crippen LogP contribution in [0.3, 0.4) is 0 Å². The van der Waals surface area contributed by atoms with Crippen molar-refractivity contribution in [3.8, 4) is 0 Å². The van der Waals surface area contributed by atoms with Gasteiger partial charge in [0.15, 0.2) is 0 Å². The molecule has 0 aliphatic carbocycles. The lowest BCUT2D eigenvalue weighted by Crippen LogP contribution is -2.12. The van der Waals surface area contributed by atoms with E-state index in [1.165, 1.54) is 16.9 Å². The second-order valence-corrected chi connectivity index (χ2v) is 9.31. The molecule has 0 atom stereocenters. The summed E-state index contributed by atoms with van der Waals surface area (Å²) in [5, 5.41) is 25.0. The van der Waals surface area contributed by atoms with Gasteiger partial charge in [-0.15, -0.1) is 11.3 Å². The van der Waals surface area contributed by atoms with Crippen LogP contribution in [-0.4, -0.2) is 30.4 Å². The zero-order valence-electron chi connectivity index (χ0n) is 19.7. The van der Waals surface area contributed by atoms with Gasteiger partial charge in [0.1, 0.15) is 11.4 Å². The van der Waals surface area contributed by atoms with E-state index in [2.05, 4.69) is 46.7 Å². The van der Waals surface area contributed by atoms with Crippen LogP contribution in [0, 0.1) is 44.7 Å². The number of hydrogen-bond acceptors (Lipinski definition) is 6. The minimum atomic E-state index is -0.412. The van der Waals surface area contributed by atoms with Crippen molar-refractivity contribution in [1.29, 1.82) is 0 Å². The van der Waals surface area contributed by atoms with E-state index < -0.39 is 4.92 Å². The molecule has 0 saturated carbocycles. The number of hydrogen-bond donors (Lipinski definition) is 1. The van der Waals surface area contributed by atoms with Crippen LogP contribution >= 0.6 is 11.3 Å². The normalized spacial score (nSPS) is 11.1. The average Bonchev–Trinajstić information content (AvgIpc) is 3.43. The molecular formula is C24H26N6O3S. The van der Waals surface area contributed by atoms with Crippen LogP contribution in [0.2, 0.25) is 0 Å². The minimum absolute atomic E-state index is 0.0294. The fourth-order valence-electron chi connectivity index (χ4n) is 3.93. The number of carbonyl (C=O) groups excluding carboxylic acids is 1. The molecule has 0 bridgehead atoms. The summed E-state index contributed by atoms with van der Waals surface area (Å²) in [6, 6.07) is 10.1.